The third kappa shape index (κ3) is 2.03. The van der Waals surface area contributed by atoms with Crippen LogP contribution in [-0.2, 0) is 13.7 Å². The number of benzene rings is 1. The van der Waals surface area contributed by atoms with Gasteiger partial charge in [-0.1, -0.05) is 6.07 Å². The fraction of sp³-hybridized carbons (Fsp3) is 0.182. The predicted molar refractivity (Wildman–Crippen MR) is 53.9 cm³/mol. The summed E-state index contributed by atoms with van der Waals surface area (Å²) in [6.07, 6.45) is 3.22. The van der Waals surface area contributed by atoms with Gasteiger partial charge >= 0.3 is 0 Å². The Morgan fingerprint density at radius 2 is 2.19 bits per heavy atom. The number of rotatable bonds is 3. The second kappa shape index (κ2) is 4.30. The van der Waals surface area contributed by atoms with Crippen molar-refractivity contribution in [2.75, 3.05) is 0 Å². The number of ether oxygens (including phenoxy) is 1. The minimum Gasteiger partial charge on any atom is -0.484 e. The summed E-state index contributed by atoms with van der Waals surface area (Å²) in [7, 11) is 1.80. The van der Waals surface area contributed by atoms with Crippen molar-refractivity contribution in [1.29, 1.82) is 0 Å². The van der Waals surface area contributed by atoms with Gasteiger partial charge in [0, 0.05) is 7.05 Å². The molecule has 1 aromatic carbocycles. The van der Waals surface area contributed by atoms with Gasteiger partial charge < -0.3 is 9.30 Å². The molecule has 16 heavy (non-hydrogen) atoms. The summed E-state index contributed by atoms with van der Waals surface area (Å²) in [4.78, 5) is 3.89. The minimum absolute atomic E-state index is 0.0961. The lowest BCUT2D eigenvalue weighted by molar-refractivity contribution is 0.277. The first kappa shape index (κ1) is 10.6. The Balaban J connectivity index is 2.11. The van der Waals surface area contributed by atoms with Crippen molar-refractivity contribution >= 4 is 0 Å². The van der Waals surface area contributed by atoms with Crippen LogP contribution in [0.25, 0.3) is 0 Å². The minimum atomic E-state index is -0.968. The van der Waals surface area contributed by atoms with Crippen LogP contribution in [0.5, 0.6) is 5.75 Å². The molecule has 0 radical (unpaired) electrons. The summed E-state index contributed by atoms with van der Waals surface area (Å²) in [5.41, 5.74) is 0.781. The second-order valence-electron chi connectivity index (χ2n) is 3.34. The first-order chi connectivity index (χ1) is 7.68. The van der Waals surface area contributed by atoms with E-state index < -0.39 is 11.6 Å². The summed E-state index contributed by atoms with van der Waals surface area (Å²) in [6, 6.07) is 3.83. The van der Waals surface area contributed by atoms with E-state index in [2.05, 4.69) is 4.98 Å². The van der Waals surface area contributed by atoms with Gasteiger partial charge in [0.15, 0.2) is 11.6 Å². The zero-order chi connectivity index (χ0) is 11.5. The fourth-order valence-corrected chi connectivity index (χ4v) is 1.27. The van der Waals surface area contributed by atoms with Gasteiger partial charge in [0.05, 0.1) is 18.2 Å². The lowest BCUT2D eigenvalue weighted by Gasteiger charge is -2.07. The van der Waals surface area contributed by atoms with Crippen LogP contribution in [0.2, 0.25) is 0 Å². The molecule has 3 nitrogen and oxygen atoms in total. The molecule has 0 N–H and O–H groups in total. The molecule has 0 saturated carbocycles. The van der Waals surface area contributed by atoms with Crippen molar-refractivity contribution in [3.63, 3.8) is 0 Å². The third-order valence-corrected chi connectivity index (χ3v) is 2.21. The van der Waals surface area contributed by atoms with E-state index in [1.54, 1.807) is 24.1 Å². The molecule has 0 aliphatic heterocycles. The molecule has 0 amide bonds. The van der Waals surface area contributed by atoms with Crippen molar-refractivity contribution in [2.45, 2.75) is 6.61 Å². The van der Waals surface area contributed by atoms with Crippen LogP contribution < -0.4 is 4.74 Å². The number of aryl methyl sites for hydroxylation is 1. The number of hydrogen-bond donors (Lipinski definition) is 0. The number of aromatic nitrogens is 2. The standard InChI is InChI=1S/C11H10F2N2O/c1-15-7-14-5-8(15)6-16-10-4-2-3-9(12)11(10)13/h2-5,7H,6H2,1H3. The molecule has 1 heterocycles. The largest absolute Gasteiger partial charge is 0.484 e. The Kier molecular flexibility index (Phi) is 2.85. The van der Waals surface area contributed by atoms with Gasteiger partial charge in [0.2, 0.25) is 5.82 Å². The smallest absolute Gasteiger partial charge is 0.200 e. The topological polar surface area (TPSA) is 27.1 Å². The molecule has 0 spiro atoms. The van der Waals surface area contributed by atoms with Gasteiger partial charge in [-0.3, -0.25) is 0 Å². The molecule has 0 bridgehead atoms. The Bertz CT molecular complexity index is 496. The van der Waals surface area contributed by atoms with E-state index in [1.807, 2.05) is 0 Å². The first-order valence-electron chi connectivity index (χ1n) is 4.70. The van der Waals surface area contributed by atoms with E-state index in [0.717, 1.165) is 11.8 Å². The van der Waals surface area contributed by atoms with E-state index in [4.69, 9.17) is 4.74 Å². The van der Waals surface area contributed by atoms with Crippen LogP contribution in [0.3, 0.4) is 0 Å². The SMILES string of the molecule is Cn1cncc1COc1cccc(F)c1F. The van der Waals surface area contributed by atoms with E-state index in [1.165, 1.54) is 12.1 Å². The predicted octanol–water partition coefficient (Wildman–Crippen LogP) is 2.28. The van der Waals surface area contributed by atoms with Crippen molar-refractivity contribution in [2.24, 2.45) is 7.05 Å². The normalized spacial score (nSPS) is 10.4. The van der Waals surface area contributed by atoms with Crippen LogP contribution in [0.1, 0.15) is 5.69 Å². The maximum absolute atomic E-state index is 13.2. The van der Waals surface area contributed by atoms with Gasteiger partial charge in [-0.05, 0) is 12.1 Å². The monoisotopic (exact) mass is 224 g/mol. The molecule has 2 aromatic rings. The highest BCUT2D eigenvalue weighted by molar-refractivity contribution is 5.25. The molecule has 0 aliphatic rings. The average Bonchev–Trinajstić information content (AvgIpc) is 2.67. The first-order valence-corrected chi connectivity index (χ1v) is 4.70. The van der Waals surface area contributed by atoms with Crippen LogP contribution in [0, 0.1) is 11.6 Å². The summed E-state index contributed by atoms with van der Waals surface area (Å²) >= 11 is 0. The highest BCUT2D eigenvalue weighted by atomic mass is 19.2. The van der Waals surface area contributed by atoms with E-state index in [0.29, 0.717) is 0 Å². The Morgan fingerprint density at radius 1 is 1.38 bits per heavy atom. The second-order valence-corrected chi connectivity index (χ2v) is 3.34. The summed E-state index contributed by atoms with van der Waals surface area (Å²) in [5.74, 6) is -1.98. The zero-order valence-electron chi connectivity index (χ0n) is 8.65. The third-order valence-electron chi connectivity index (χ3n) is 2.21. The van der Waals surface area contributed by atoms with Gasteiger partial charge in [-0.15, -0.1) is 0 Å². The molecule has 2 rings (SSSR count). The van der Waals surface area contributed by atoms with E-state index in [9.17, 15) is 8.78 Å². The van der Waals surface area contributed by atoms with Gasteiger partial charge in [0.1, 0.15) is 6.61 Å². The molecular formula is C11H10F2N2O. The molecule has 0 fully saturated rings. The highest BCUT2D eigenvalue weighted by Gasteiger charge is 2.09. The molecule has 1 aromatic heterocycles. The maximum atomic E-state index is 13.2. The van der Waals surface area contributed by atoms with E-state index in [-0.39, 0.29) is 12.4 Å². The molecule has 5 heteroatoms. The molecule has 0 aliphatic carbocycles. The lowest BCUT2D eigenvalue weighted by atomic mass is 10.3. The molecular weight excluding hydrogens is 214 g/mol. The number of nitrogens with zero attached hydrogens (tertiary/aromatic N) is 2. The molecule has 84 valence electrons. The van der Waals surface area contributed by atoms with Gasteiger partial charge in [-0.2, -0.15) is 4.39 Å². The van der Waals surface area contributed by atoms with Crippen molar-refractivity contribution < 1.29 is 13.5 Å². The lowest BCUT2D eigenvalue weighted by Crippen LogP contribution is -2.02. The number of imidazole rings is 1. The summed E-state index contributed by atoms with van der Waals surface area (Å²) in [6.45, 7) is 0.150. The Labute approximate surface area is 91.3 Å². The number of hydrogen-bond acceptors (Lipinski definition) is 2. The van der Waals surface area contributed by atoms with Crippen LogP contribution in [0.15, 0.2) is 30.7 Å². The van der Waals surface area contributed by atoms with Crippen molar-refractivity contribution in [1.82, 2.24) is 9.55 Å². The average molecular weight is 224 g/mol. The summed E-state index contributed by atoms with van der Waals surface area (Å²) < 4.78 is 33.0. The van der Waals surface area contributed by atoms with Gasteiger partial charge in [0.25, 0.3) is 0 Å². The Morgan fingerprint density at radius 3 is 2.88 bits per heavy atom. The quantitative estimate of drug-likeness (QED) is 0.799. The molecule has 0 atom stereocenters. The number of halogens is 2. The fourth-order valence-electron chi connectivity index (χ4n) is 1.27. The molecule has 0 saturated heterocycles. The van der Waals surface area contributed by atoms with E-state index >= 15 is 0 Å². The maximum Gasteiger partial charge on any atom is 0.200 e. The van der Waals surface area contributed by atoms with Crippen LogP contribution in [0.4, 0.5) is 8.78 Å². The zero-order valence-corrected chi connectivity index (χ0v) is 8.65. The molecule has 0 unspecified atom stereocenters. The Hall–Kier alpha value is -1.91. The van der Waals surface area contributed by atoms with Crippen molar-refractivity contribution in [3.8, 4) is 5.75 Å². The van der Waals surface area contributed by atoms with Gasteiger partial charge in [-0.25, -0.2) is 9.37 Å². The highest BCUT2D eigenvalue weighted by Crippen LogP contribution is 2.20. The van der Waals surface area contributed by atoms with Crippen LogP contribution in [-0.4, -0.2) is 9.55 Å². The van der Waals surface area contributed by atoms with Crippen molar-refractivity contribution in [3.05, 3.63) is 48.1 Å². The van der Waals surface area contributed by atoms with Crippen LogP contribution >= 0.6 is 0 Å². The summed E-state index contributed by atoms with van der Waals surface area (Å²) in [5, 5.41) is 0.